The average Bonchev–Trinajstić information content (AvgIpc) is 3.34. The number of amides is 2. The van der Waals surface area contributed by atoms with Crippen LogP contribution in [-0.2, 0) is 20.7 Å². The predicted octanol–water partition coefficient (Wildman–Crippen LogP) is 4.52. The summed E-state index contributed by atoms with van der Waals surface area (Å²) in [6, 6.07) is 14.2. The van der Waals surface area contributed by atoms with Gasteiger partial charge in [-0.1, -0.05) is 36.4 Å². The third-order valence-corrected chi connectivity index (χ3v) is 7.14. The van der Waals surface area contributed by atoms with Crippen molar-refractivity contribution in [3.8, 4) is 0 Å². The summed E-state index contributed by atoms with van der Waals surface area (Å²) >= 11 is 0. The molecule has 0 radical (unpaired) electrons. The van der Waals surface area contributed by atoms with Crippen LogP contribution in [0.5, 0.6) is 0 Å². The van der Waals surface area contributed by atoms with Crippen LogP contribution in [-0.4, -0.2) is 46.8 Å². The zero-order valence-corrected chi connectivity index (χ0v) is 19.9. The monoisotopic (exact) mass is 466 g/mol. The maximum absolute atomic E-state index is 14.1. The smallest absolute Gasteiger partial charge is 0.408 e. The van der Waals surface area contributed by atoms with Gasteiger partial charge >= 0.3 is 6.09 Å². The van der Waals surface area contributed by atoms with E-state index in [9.17, 15) is 14.0 Å². The highest BCUT2D eigenvalue weighted by molar-refractivity contribution is 5.88. The highest BCUT2D eigenvalue weighted by Crippen LogP contribution is 2.50. The quantitative estimate of drug-likeness (QED) is 0.723. The molecule has 2 heterocycles. The maximum Gasteiger partial charge on any atom is 0.408 e. The summed E-state index contributed by atoms with van der Waals surface area (Å²) in [6.45, 7) is 6.30. The van der Waals surface area contributed by atoms with E-state index in [1.54, 1.807) is 12.1 Å². The van der Waals surface area contributed by atoms with Gasteiger partial charge in [-0.15, -0.1) is 0 Å². The second-order valence-electron chi connectivity index (χ2n) is 10.8. The molecule has 2 fully saturated rings. The molecule has 1 N–H and O–H groups in total. The Kier molecular flexibility index (Phi) is 5.43. The molecule has 2 aliphatic heterocycles. The Bertz CT molecular complexity index is 1100. The van der Waals surface area contributed by atoms with E-state index >= 15 is 0 Å². The summed E-state index contributed by atoms with van der Waals surface area (Å²) < 4.78 is 25.3. The number of hydrogen-bond acceptors (Lipinski definition) is 4. The van der Waals surface area contributed by atoms with Gasteiger partial charge in [0.1, 0.15) is 17.0 Å². The molecule has 2 aromatic carbocycles. The van der Waals surface area contributed by atoms with E-state index < -0.39 is 22.8 Å². The van der Waals surface area contributed by atoms with Gasteiger partial charge in [0.05, 0.1) is 18.2 Å². The molecule has 1 saturated heterocycles. The van der Waals surface area contributed by atoms with Crippen LogP contribution in [0.4, 0.5) is 9.18 Å². The molecule has 0 aromatic heterocycles. The molecule has 1 saturated carbocycles. The van der Waals surface area contributed by atoms with Crippen LogP contribution in [0, 0.1) is 5.82 Å². The normalized spacial score (nSPS) is 27.9. The lowest BCUT2D eigenvalue weighted by Gasteiger charge is -2.41. The van der Waals surface area contributed by atoms with Crippen molar-refractivity contribution in [2.24, 2.45) is 0 Å². The summed E-state index contributed by atoms with van der Waals surface area (Å²) in [5, 5.41) is 2.99. The van der Waals surface area contributed by atoms with Crippen molar-refractivity contribution in [3.05, 3.63) is 71.0 Å². The topological polar surface area (TPSA) is 67.9 Å². The van der Waals surface area contributed by atoms with Crippen molar-refractivity contribution in [2.75, 3.05) is 13.2 Å². The number of hydrogen-bond donors (Lipinski definition) is 1. The van der Waals surface area contributed by atoms with E-state index in [1.807, 2.05) is 43.9 Å². The highest BCUT2D eigenvalue weighted by Gasteiger charge is 2.62. The fraction of sp³-hybridized carbons (Fsp3) is 0.481. The Balaban J connectivity index is 1.42. The Morgan fingerprint density at radius 3 is 2.53 bits per heavy atom. The first kappa shape index (κ1) is 22.8. The van der Waals surface area contributed by atoms with Gasteiger partial charge in [-0.2, -0.15) is 0 Å². The number of fused-ring (bicyclic) bond motifs is 3. The summed E-state index contributed by atoms with van der Waals surface area (Å²) in [4.78, 5) is 28.4. The lowest BCUT2D eigenvalue weighted by Crippen LogP contribution is -2.51. The number of nitrogens with zero attached hydrogens (tertiary/aromatic N) is 1. The van der Waals surface area contributed by atoms with E-state index in [0.717, 1.165) is 17.5 Å². The number of carbonyl (C=O) groups excluding carboxylic acids is 2. The van der Waals surface area contributed by atoms with Crippen LogP contribution in [0.25, 0.3) is 0 Å². The lowest BCUT2D eigenvalue weighted by molar-refractivity contribution is -0.156. The van der Waals surface area contributed by atoms with Gasteiger partial charge in [-0.05, 0) is 68.9 Å². The Morgan fingerprint density at radius 1 is 1.12 bits per heavy atom. The first-order valence-electron chi connectivity index (χ1n) is 11.9. The van der Waals surface area contributed by atoms with Crippen molar-refractivity contribution in [1.82, 2.24) is 10.2 Å². The van der Waals surface area contributed by atoms with E-state index in [2.05, 4.69) is 11.4 Å². The maximum atomic E-state index is 14.1. The van der Waals surface area contributed by atoms with Crippen molar-refractivity contribution < 1.29 is 23.5 Å². The molecular formula is C27H31FN2O4. The minimum atomic E-state index is -0.973. The molecule has 2 amide bonds. The largest absolute Gasteiger partial charge is 0.444 e. The Morgan fingerprint density at radius 2 is 1.85 bits per heavy atom. The number of ether oxygens (including phenoxy) is 2. The van der Waals surface area contributed by atoms with Crippen molar-refractivity contribution >= 4 is 12.0 Å². The Labute approximate surface area is 199 Å². The van der Waals surface area contributed by atoms with Gasteiger partial charge < -0.3 is 19.7 Å². The SMILES string of the molecule is CC(C)(C)OC(=O)NC12CCC(C(=O)N3CCc4ccccc4[C@@H]3c3ccc(F)cc3)(C1)OC2. The Hall–Kier alpha value is -2.93. The van der Waals surface area contributed by atoms with Gasteiger partial charge in [-0.3, -0.25) is 4.79 Å². The van der Waals surface area contributed by atoms with E-state index in [0.29, 0.717) is 25.8 Å². The third kappa shape index (κ3) is 4.06. The summed E-state index contributed by atoms with van der Waals surface area (Å²) in [7, 11) is 0. The van der Waals surface area contributed by atoms with Crippen LogP contribution in [0.2, 0.25) is 0 Å². The molecule has 0 spiro atoms. The van der Waals surface area contributed by atoms with Crippen molar-refractivity contribution in [3.63, 3.8) is 0 Å². The molecular weight excluding hydrogens is 435 g/mol. The van der Waals surface area contributed by atoms with Crippen LogP contribution in [0.15, 0.2) is 48.5 Å². The van der Waals surface area contributed by atoms with E-state index in [4.69, 9.17) is 9.47 Å². The van der Waals surface area contributed by atoms with Gasteiger partial charge in [0.25, 0.3) is 5.91 Å². The zero-order valence-electron chi connectivity index (χ0n) is 19.9. The molecule has 3 atom stereocenters. The number of nitrogens with one attached hydrogen (secondary N) is 1. The number of carbonyl (C=O) groups is 2. The first-order chi connectivity index (χ1) is 16.1. The third-order valence-electron chi connectivity index (χ3n) is 7.14. The minimum Gasteiger partial charge on any atom is -0.444 e. The highest BCUT2D eigenvalue weighted by atomic mass is 19.1. The van der Waals surface area contributed by atoms with Gasteiger partial charge in [0, 0.05) is 13.0 Å². The lowest BCUT2D eigenvalue weighted by atomic mass is 9.86. The van der Waals surface area contributed by atoms with Crippen LogP contribution in [0.1, 0.15) is 62.8 Å². The molecule has 3 aliphatic rings. The van der Waals surface area contributed by atoms with Crippen molar-refractivity contribution in [2.45, 2.75) is 69.2 Å². The molecule has 7 heteroatoms. The van der Waals surface area contributed by atoms with Crippen molar-refractivity contribution in [1.29, 1.82) is 0 Å². The summed E-state index contributed by atoms with van der Waals surface area (Å²) in [5.41, 5.74) is 0.941. The average molecular weight is 467 g/mol. The van der Waals surface area contributed by atoms with Crippen LogP contribution < -0.4 is 5.32 Å². The second kappa shape index (κ2) is 8.08. The number of halogens is 1. The number of rotatable bonds is 3. The summed E-state index contributed by atoms with van der Waals surface area (Å²) in [6.07, 6.45) is 1.88. The molecule has 6 nitrogen and oxygen atoms in total. The van der Waals surface area contributed by atoms with E-state index in [1.165, 1.54) is 17.7 Å². The molecule has 2 aromatic rings. The van der Waals surface area contributed by atoms with Gasteiger partial charge in [0.2, 0.25) is 0 Å². The van der Waals surface area contributed by atoms with Crippen LogP contribution in [0.3, 0.4) is 0 Å². The standard InChI is InChI=1S/C27H31FN2O4/c1-25(2,3)34-24(32)29-26-13-14-27(16-26,33-17-26)23(31)30-15-12-18-6-4-5-7-21(18)22(30)19-8-10-20(28)11-9-19/h4-11,22H,12-17H2,1-3H3,(H,29,32)/t22-,26?,27?/m0/s1. The first-order valence-corrected chi connectivity index (χ1v) is 11.9. The molecule has 2 unspecified atom stereocenters. The fourth-order valence-electron chi connectivity index (χ4n) is 5.65. The predicted molar refractivity (Wildman–Crippen MR) is 125 cm³/mol. The van der Waals surface area contributed by atoms with E-state index in [-0.39, 0.29) is 24.4 Å². The number of benzene rings is 2. The van der Waals surface area contributed by atoms with Gasteiger partial charge in [0.15, 0.2) is 0 Å². The molecule has 5 rings (SSSR count). The molecule has 180 valence electrons. The zero-order chi connectivity index (χ0) is 24.1. The van der Waals surface area contributed by atoms with Crippen LogP contribution >= 0.6 is 0 Å². The minimum absolute atomic E-state index is 0.0679. The molecule has 2 bridgehead atoms. The fourth-order valence-corrected chi connectivity index (χ4v) is 5.65. The molecule has 1 aliphatic carbocycles. The second-order valence-corrected chi connectivity index (χ2v) is 10.8. The number of alkyl carbamates (subject to hydrolysis) is 1. The molecule has 34 heavy (non-hydrogen) atoms. The van der Waals surface area contributed by atoms with Gasteiger partial charge in [-0.25, -0.2) is 9.18 Å². The summed E-state index contributed by atoms with van der Waals surface area (Å²) in [5.74, 6) is -0.376.